The van der Waals surface area contributed by atoms with E-state index in [2.05, 4.69) is 5.32 Å². The van der Waals surface area contributed by atoms with Crippen LogP contribution in [0.2, 0.25) is 0 Å². The van der Waals surface area contributed by atoms with E-state index in [0.29, 0.717) is 22.7 Å². The zero-order valence-electron chi connectivity index (χ0n) is 15.2. The Morgan fingerprint density at radius 3 is 2.54 bits per heavy atom. The number of rotatable bonds is 7. The van der Waals surface area contributed by atoms with E-state index in [4.69, 9.17) is 9.47 Å². The Kier molecular flexibility index (Phi) is 6.88. The van der Waals surface area contributed by atoms with Gasteiger partial charge in [-0.15, -0.1) is 0 Å². The number of nitrogens with zero attached hydrogens (tertiary/aromatic N) is 2. The Morgan fingerprint density at radius 2 is 1.89 bits per heavy atom. The number of carbonyl (C=O) groups excluding carboxylic acids is 1. The number of carbonyl (C=O) groups is 1. The molecule has 1 N–H and O–H groups in total. The third-order valence-electron chi connectivity index (χ3n) is 3.68. The lowest BCUT2D eigenvalue weighted by molar-refractivity contribution is -0.385. The van der Waals surface area contributed by atoms with Gasteiger partial charge >= 0.3 is 0 Å². The molecule has 28 heavy (non-hydrogen) atoms. The third-order valence-corrected chi connectivity index (χ3v) is 3.68. The second kappa shape index (κ2) is 9.54. The molecule has 0 heterocycles. The van der Waals surface area contributed by atoms with Gasteiger partial charge in [-0.05, 0) is 30.4 Å². The minimum Gasteiger partial charge on any atom is -0.493 e. The molecule has 0 atom stereocenters. The van der Waals surface area contributed by atoms with E-state index >= 15 is 0 Å². The average molecular weight is 379 g/mol. The number of benzene rings is 2. The first-order chi connectivity index (χ1) is 13.5. The van der Waals surface area contributed by atoms with Gasteiger partial charge in [0.1, 0.15) is 11.6 Å². The fourth-order valence-corrected chi connectivity index (χ4v) is 2.32. The highest BCUT2D eigenvalue weighted by atomic mass is 16.6. The molecule has 1 amide bonds. The molecule has 0 aromatic heterocycles. The lowest BCUT2D eigenvalue weighted by Crippen LogP contribution is -2.13. The summed E-state index contributed by atoms with van der Waals surface area (Å²) in [5, 5.41) is 22.8. The quantitative estimate of drug-likeness (QED) is 0.258. The first kappa shape index (κ1) is 20.2. The van der Waals surface area contributed by atoms with Crippen LogP contribution in [0.3, 0.4) is 0 Å². The van der Waals surface area contributed by atoms with Crippen LogP contribution >= 0.6 is 0 Å². The average Bonchev–Trinajstić information content (AvgIpc) is 2.71. The maximum atomic E-state index is 12.3. The number of allylic oxidation sites excluding steroid dienone is 2. The number of amides is 1. The topological polar surface area (TPSA) is 114 Å². The van der Waals surface area contributed by atoms with E-state index in [1.165, 1.54) is 38.5 Å². The van der Waals surface area contributed by atoms with Gasteiger partial charge in [0.25, 0.3) is 11.6 Å². The molecule has 0 aliphatic rings. The summed E-state index contributed by atoms with van der Waals surface area (Å²) in [6.07, 6.45) is 4.15. The molecule has 0 aliphatic carbocycles. The summed E-state index contributed by atoms with van der Waals surface area (Å²) in [6, 6.07) is 12.8. The molecular weight excluding hydrogens is 362 g/mol. The van der Waals surface area contributed by atoms with Gasteiger partial charge < -0.3 is 14.8 Å². The second-order valence-corrected chi connectivity index (χ2v) is 5.39. The molecule has 0 bridgehead atoms. The van der Waals surface area contributed by atoms with Gasteiger partial charge in [-0.25, -0.2) is 0 Å². The van der Waals surface area contributed by atoms with E-state index in [1.54, 1.807) is 42.5 Å². The van der Waals surface area contributed by atoms with Gasteiger partial charge in [0.2, 0.25) is 0 Å². The predicted octanol–water partition coefficient (Wildman–Crippen LogP) is 3.71. The molecule has 0 unspecified atom stereocenters. The number of hydrogen-bond acceptors (Lipinski definition) is 6. The Morgan fingerprint density at radius 1 is 1.18 bits per heavy atom. The van der Waals surface area contributed by atoms with Crippen LogP contribution in [0, 0.1) is 21.4 Å². The molecule has 8 nitrogen and oxygen atoms in total. The van der Waals surface area contributed by atoms with Gasteiger partial charge in [0.15, 0.2) is 11.5 Å². The highest BCUT2D eigenvalue weighted by Gasteiger charge is 2.12. The van der Waals surface area contributed by atoms with Crippen LogP contribution in [0.5, 0.6) is 11.5 Å². The molecule has 0 radical (unpaired) electrons. The van der Waals surface area contributed by atoms with E-state index in [9.17, 15) is 20.2 Å². The van der Waals surface area contributed by atoms with Gasteiger partial charge in [0, 0.05) is 17.8 Å². The molecule has 0 saturated heterocycles. The number of methoxy groups -OCH3 is 2. The standard InChI is InChI=1S/C20H17N3O5/c1-27-18-11-10-16(12-19(18)28-2)22-20(24)15(13-21)8-5-7-14-6-3-4-9-17(14)23(25)26/h3-12H,1-2H3,(H,22,24)/b7-5?,15-8+. The van der Waals surface area contributed by atoms with Crippen LogP contribution in [-0.4, -0.2) is 25.1 Å². The molecule has 2 aromatic rings. The highest BCUT2D eigenvalue weighted by Crippen LogP contribution is 2.29. The van der Waals surface area contributed by atoms with Crippen LogP contribution in [-0.2, 0) is 4.79 Å². The minimum atomic E-state index is -0.623. The van der Waals surface area contributed by atoms with E-state index in [0.717, 1.165) is 0 Å². The highest BCUT2D eigenvalue weighted by molar-refractivity contribution is 6.07. The van der Waals surface area contributed by atoms with Crippen molar-refractivity contribution in [2.45, 2.75) is 0 Å². The molecule has 0 aliphatic heterocycles. The Balaban J connectivity index is 2.18. The summed E-state index contributed by atoms with van der Waals surface area (Å²) >= 11 is 0. The fourth-order valence-electron chi connectivity index (χ4n) is 2.32. The van der Waals surface area contributed by atoms with E-state index in [-0.39, 0.29) is 11.3 Å². The zero-order valence-corrected chi connectivity index (χ0v) is 15.2. The maximum Gasteiger partial charge on any atom is 0.276 e. The van der Waals surface area contributed by atoms with Gasteiger partial charge in [-0.3, -0.25) is 14.9 Å². The number of nitro benzene ring substituents is 1. The van der Waals surface area contributed by atoms with E-state index in [1.807, 2.05) is 0 Å². The van der Waals surface area contributed by atoms with Gasteiger partial charge in [-0.1, -0.05) is 18.2 Å². The van der Waals surface area contributed by atoms with Crippen LogP contribution in [0.15, 0.2) is 60.2 Å². The lowest BCUT2D eigenvalue weighted by atomic mass is 10.1. The van der Waals surface area contributed by atoms with Crippen molar-refractivity contribution < 1.29 is 19.2 Å². The summed E-state index contributed by atoms with van der Waals surface area (Å²) in [4.78, 5) is 22.8. The van der Waals surface area contributed by atoms with Crippen molar-refractivity contribution in [2.24, 2.45) is 0 Å². The largest absolute Gasteiger partial charge is 0.493 e. The summed E-state index contributed by atoms with van der Waals surface area (Å²) in [5.41, 5.74) is 0.554. The minimum absolute atomic E-state index is 0.0690. The molecule has 142 valence electrons. The first-order valence-corrected chi connectivity index (χ1v) is 8.05. The number of nitriles is 1. The normalized spacial score (nSPS) is 11.0. The number of nitrogens with one attached hydrogen (secondary N) is 1. The van der Waals surface area contributed by atoms with Crippen LogP contribution in [0.25, 0.3) is 6.08 Å². The summed E-state index contributed by atoms with van der Waals surface area (Å²) in [5.74, 6) is 0.310. The molecule has 0 saturated carbocycles. The monoisotopic (exact) mass is 379 g/mol. The predicted molar refractivity (Wildman–Crippen MR) is 104 cm³/mol. The smallest absolute Gasteiger partial charge is 0.276 e. The molecule has 0 spiro atoms. The molecular formula is C20H17N3O5. The van der Waals surface area contributed by atoms with Crippen molar-refractivity contribution in [3.8, 4) is 17.6 Å². The molecule has 8 heteroatoms. The molecule has 2 rings (SSSR count). The zero-order chi connectivity index (χ0) is 20.5. The fraction of sp³-hybridized carbons (Fsp3) is 0.100. The SMILES string of the molecule is COc1ccc(NC(=O)/C(C#N)=C/C=Cc2ccccc2[N+](=O)[O-])cc1OC. The van der Waals surface area contributed by atoms with E-state index < -0.39 is 10.8 Å². The number of ether oxygens (including phenoxy) is 2. The number of para-hydroxylation sites is 1. The Hall–Kier alpha value is -4.12. The first-order valence-electron chi connectivity index (χ1n) is 8.05. The number of nitro groups is 1. The second-order valence-electron chi connectivity index (χ2n) is 5.39. The van der Waals surface area contributed by atoms with Gasteiger partial charge in [0.05, 0.1) is 24.7 Å². The van der Waals surface area contributed by atoms with Crippen LogP contribution in [0.4, 0.5) is 11.4 Å². The Bertz CT molecular complexity index is 990. The summed E-state index contributed by atoms with van der Waals surface area (Å²) in [7, 11) is 2.97. The van der Waals surface area contributed by atoms with Gasteiger partial charge in [-0.2, -0.15) is 5.26 Å². The lowest BCUT2D eigenvalue weighted by Gasteiger charge is -2.10. The van der Waals surface area contributed by atoms with Crippen molar-refractivity contribution in [3.05, 3.63) is 75.9 Å². The number of anilines is 1. The van der Waals surface area contributed by atoms with Crippen molar-refractivity contribution in [3.63, 3.8) is 0 Å². The Labute approximate surface area is 161 Å². The third kappa shape index (κ3) is 4.95. The number of hydrogen-bond donors (Lipinski definition) is 1. The van der Waals surface area contributed by atoms with Crippen LogP contribution < -0.4 is 14.8 Å². The molecule has 0 fully saturated rings. The van der Waals surface area contributed by atoms with Crippen molar-refractivity contribution in [1.82, 2.24) is 0 Å². The summed E-state index contributed by atoms with van der Waals surface area (Å²) < 4.78 is 10.3. The van der Waals surface area contributed by atoms with Crippen molar-refractivity contribution >= 4 is 23.4 Å². The maximum absolute atomic E-state index is 12.3. The summed E-state index contributed by atoms with van der Waals surface area (Å²) in [6.45, 7) is 0. The molecule has 2 aromatic carbocycles. The van der Waals surface area contributed by atoms with Crippen LogP contribution in [0.1, 0.15) is 5.56 Å². The van der Waals surface area contributed by atoms with Crippen molar-refractivity contribution in [2.75, 3.05) is 19.5 Å². The van der Waals surface area contributed by atoms with Crippen molar-refractivity contribution in [1.29, 1.82) is 5.26 Å².